The van der Waals surface area contributed by atoms with E-state index in [-0.39, 0.29) is 11.3 Å². The number of para-hydroxylation sites is 1. The summed E-state index contributed by atoms with van der Waals surface area (Å²) in [6, 6.07) is 11.4. The number of nitrogens with one attached hydrogen (secondary N) is 2. The maximum Gasteiger partial charge on any atom is 0.337 e. The molecule has 0 bridgehead atoms. The second-order valence-electron chi connectivity index (χ2n) is 5.74. The third-order valence-corrected chi connectivity index (χ3v) is 3.75. The van der Waals surface area contributed by atoms with Crippen LogP contribution in [0.2, 0.25) is 0 Å². The SMILES string of the molecule is CCNCC.COc1ccc(/C=C/C(=O)Nc2ccccc2C(=O)O)cc1OC. The summed E-state index contributed by atoms with van der Waals surface area (Å²) in [7, 11) is 3.07. The monoisotopic (exact) mass is 400 g/mol. The second-order valence-corrected chi connectivity index (χ2v) is 5.74. The highest BCUT2D eigenvalue weighted by Gasteiger charge is 2.10. The minimum Gasteiger partial charge on any atom is -0.493 e. The molecule has 0 saturated carbocycles. The average molecular weight is 400 g/mol. The number of ether oxygens (including phenoxy) is 2. The average Bonchev–Trinajstić information content (AvgIpc) is 2.73. The first-order valence-electron chi connectivity index (χ1n) is 9.20. The smallest absolute Gasteiger partial charge is 0.337 e. The van der Waals surface area contributed by atoms with Gasteiger partial charge in [0.15, 0.2) is 11.5 Å². The Hall–Kier alpha value is -3.32. The van der Waals surface area contributed by atoms with Crippen molar-refractivity contribution in [2.75, 3.05) is 32.6 Å². The Morgan fingerprint density at radius 2 is 1.66 bits per heavy atom. The van der Waals surface area contributed by atoms with Crippen molar-refractivity contribution < 1.29 is 24.2 Å². The minimum absolute atomic E-state index is 0.0327. The molecule has 0 fully saturated rings. The fourth-order valence-electron chi connectivity index (χ4n) is 2.33. The number of hydrogen-bond acceptors (Lipinski definition) is 5. The van der Waals surface area contributed by atoms with Gasteiger partial charge in [0.05, 0.1) is 25.5 Å². The van der Waals surface area contributed by atoms with Crippen LogP contribution in [0.15, 0.2) is 48.5 Å². The van der Waals surface area contributed by atoms with Crippen LogP contribution in [0.3, 0.4) is 0 Å². The van der Waals surface area contributed by atoms with Crippen LogP contribution in [0.5, 0.6) is 11.5 Å². The van der Waals surface area contributed by atoms with Gasteiger partial charge in [0.2, 0.25) is 5.91 Å². The summed E-state index contributed by atoms with van der Waals surface area (Å²) in [5, 5.41) is 14.8. The summed E-state index contributed by atoms with van der Waals surface area (Å²) in [5.41, 5.74) is 1.02. The summed E-state index contributed by atoms with van der Waals surface area (Å²) in [6.45, 7) is 6.39. The van der Waals surface area contributed by atoms with Gasteiger partial charge in [-0.1, -0.05) is 32.0 Å². The number of carbonyl (C=O) groups is 2. The molecule has 7 nitrogen and oxygen atoms in total. The van der Waals surface area contributed by atoms with Crippen LogP contribution >= 0.6 is 0 Å². The van der Waals surface area contributed by atoms with E-state index < -0.39 is 11.9 Å². The van der Waals surface area contributed by atoms with Crippen LogP contribution < -0.4 is 20.1 Å². The Labute approximate surface area is 171 Å². The number of methoxy groups -OCH3 is 2. The lowest BCUT2D eigenvalue weighted by molar-refractivity contribution is -0.111. The van der Waals surface area contributed by atoms with E-state index in [4.69, 9.17) is 14.6 Å². The third-order valence-electron chi connectivity index (χ3n) is 3.75. The summed E-state index contributed by atoms with van der Waals surface area (Å²) in [5.74, 6) is -0.390. The molecule has 1 amide bonds. The largest absolute Gasteiger partial charge is 0.493 e. The summed E-state index contributed by atoms with van der Waals surface area (Å²) >= 11 is 0. The van der Waals surface area contributed by atoms with E-state index in [1.807, 2.05) is 0 Å². The van der Waals surface area contributed by atoms with Crippen molar-refractivity contribution in [2.45, 2.75) is 13.8 Å². The number of rotatable bonds is 8. The van der Waals surface area contributed by atoms with Gasteiger partial charge in [0.25, 0.3) is 0 Å². The molecule has 29 heavy (non-hydrogen) atoms. The lowest BCUT2D eigenvalue weighted by atomic mass is 10.1. The van der Waals surface area contributed by atoms with E-state index >= 15 is 0 Å². The Bertz CT molecular complexity index is 832. The highest BCUT2D eigenvalue weighted by molar-refractivity contribution is 6.06. The molecule has 0 saturated heterocycles. The van der Waals surface area contributed by atoms with Crippen LogP contribution in [0.1, 0.15) is 29.8 Å². The Balaban J connectivity index is 0.000000749. The van der Waals surface area contributed by atoms with Gasteiger partial charge in [-0.2, -0.15) is 0 Å². The second kappa shape index (κ2) is 13.0. The van der Waals surface area contributed by atoms with Crippen molar-refractivity contribution >= 4 is 23.6 Å². The van der Waals surface area contributed by atoms with Gasteiger partial charge in [-0.15, -0.1) is 0 Å². The van der Waals surface area contributed by atoms with Crippen molar-refractivity contribution in [3.8, 4) is 11.5 Å². The zero-order valence-electron chi connectivity index (χ0n) is 17.2. The van der Waals surface area contributed by atoms with E-state index in [9.17, 15) is 9.59 Å². The number of carboxylic acids is 1. The predicted molar refractivity (Wildman–Crippen MR) is 115 cm³/mol. The van der Waals surface area contributed by atoms with Crippen LogP contribution in [0, 0.1) is 0 Å². The first kappa shape index (κ1) is 23.7. The Morgan fingerprint density at radius 1 is 1.00 bits per heavy atom. The molecule has 7 heteroatoms. The van der Waals surface area contributed by atoms with Crippen molar-refractivity contribution in [3.63, 3.8) is 0 Å². The van der Waals surface area contributed by atoms with Gasteiger partial charge in [-0.05, 0) is 49.0 Å². The molecule has 0 radical (unpaired) electrons. The lowest BCUT2D eigenvalue weighted by Gasteiger charge is -2.08. The molecule has 2 aromatic carbocycles. The summed E-state index contributed by atoms with van der Waals surface area (Å²) in [4.78, 5) is 23.1. The number of amides is 1. The molecule has 3 N–H and O–H groups in total. The predicted octanol–water partition coefficient (Wildman–Crippen LogP) is 3.67. The van der Waals surface area contributed by atoms with E-state index in [1.165, 1.54) is 25.3 Å². The Kier molecular flexibility index (Phi) is 10.6. The highest BCUT2D eigenvalue weighted by atomic mass is 16.5. The first-order chi connectivity index (χ1) is 14.0. The molecule has 2 aromatic rings. The molecule has 0 aromatic heterocycles. The first-order valence-corrected chi connectivity index (χ1v) is 9.20. The quantitative estimate of drug-likeness (QED) is 0.585. The maximum atomic E-state index is 12.0. The summed E-state index contributed by atoms with van der Waals surface area (Å²) in [6.07, 6.45) is 2.92. The van der Waals surface area contributed by atoms with Crippen LogP contribution in [0.25, 0.3) is 6.08 Å². The van der Waals surface area contributed by atoms with Crippen molar-refractivity contribution in [3.05, 3.63) is 59.7 Å². The zero-order valence-corrected chi connectivity index (χ0v) is 17.2. The fraction of sp³-hybridized carbons (Fsp3) is 0.273. The van der Waals surface area contributed by atoms with E-state index in [0.29, 0.717) is 11.5 Å². The van der Waals surface area contributed by atoms with Gasteiger partial charge < -0.3 is 25.2 Å². The minimum atomic E-state index is -1.10. The van der Waals surface area contributed by atoms with E-state index in [0.717, 1.165) is 18.7 Å². The van der Waals surface area contributed by atoms with Gasteiger partial charge >= 0.3 is 5.97 Å². The number of aromatic carboxylic acids is 1. The molecule has 0 aliphatic rings. The molecule has 2 rings (SSSR count). The maximum absolute atomic E-state index is 12.0. The van der Waals surface area contributed by atoms with Crippen LogP contribution in [-0.4, -0.2) is 44.3 Å². The number of carbonyl (C=O) groups excluding carboxylic acids is 1. The van der Waals surface area contributed by atoms with Gasteiger partial charge in [-0.25, -0.2) is 4.79 Å². The molecule has 0 aliphatic carbocycles. The molecular formula is C22H28N2O5. The molecule has 0 aliphatic heterocycles. The van der Waals surface area contributed by atoms with Crippen molar-refractivity contribution in [1.82, 2.24) is 5.32 Å². The van der Waals surface area contributed by atoms with Crippen LogP contribution in [0.4, 0.5) is 5.69 Å². The Morgan fingerprint density at radius 3 is 2.21 bits per heavy atom. The number of hydrogen-bond donors (Lipinski definition) is 3. The van der Waals surface area contributed by atoms with Gasteiger partial charge in [0.1, 0.15) is 0 Å². The van der Waals surface area contributed by atoms with E-state index in [2.05, 4.69) is 24.5 Å². The number of benzene rings is 2. The molecular weight excluding hydrogens is 372 g/mol. The molecule has 156 valence electrons. The van der Waals surface area contributed by atoms with Gasteiger partial charge in [-0.3, -0.25) is 4.79 Å². The lowest BCUT2D eigenvalue weighted by Crippen LogP contribution is -2.11. The molecule has 0 atom stereocenters. The normalized spacial score (nSPS) is 10.1. The van der Waals surface area contributed by atoms with Gasteiger partial charge in [0, 0.05) is 6.08 Å². The molecule has 0 unspecified atom stereocenters. The standard InChI is InChI=1S/C18H17NO5.C4H11N/c1-23-15-9-7-12(11-16(15)24-2)8-10-17(20)19-14-6-4-3-5-13(14)18(21)22;1-3-5-4-2/h3-11H,1-2H3,(H,19,20)(H,21,22);5H,3-4H2,1-2H3/b10-8+;. The number of carboxylic acid groups (broad SMARTS) is 1. The molecule has 0 spiro atoms. The zero-order chi connectivity index (χ0) is 21.6. The van der Waals surface area contributed by atoms with E-state index in [1.54, 1.807) is 43.5 Å². The van der Waals surface area contributed by atoms with Crippen molar-refractivity contribution in [2.24, 2.45) is 0 Å². The highest BCUT2D eigenvalue weighted by Crippen LogP contribution is 2.28. The number of anilines is 1. The van der Waals surface area contributed by atoms with Crippen molar-refractivity contribution in [1.29, 1.82) is 0 Å². The topological polar surface area (TPSA) is 96.9 Å². The third kappa shape index (κ3) is 8.06. The van der Waals surface area contributed by atoms with Crippen LogP contribution in [-0.2, 0) is 4.79 Å². The molecule has 0 heterocycles. The fourth-order valence-corrected chi connectivity index (χ4v) is 2.33. The summed E-state index contributed by atoms with van der Waals surface area (Å²) < 4.78 is 10.3.